The highest BCUT2D eigenvalue weighted by molar-refractivity contribution is 6.31. The van der Waals surface area contributed by atoms with E-state index in [0.29, 0.717) is 0 Å². The Balaban J connectivity index is 2.13. The van der Waals surface area contributed by atoms with E-state index in [1.165, 1.54) is 23.4 Å². The van der Waals surface area contributed by atoms with Crippen LogP contribution in [-0.4, -0.2) is 30.1 Å². The van der Waals surface area contributed by atoms with Gasteiger partial charge < -0.3 is 15.3 Å². The molecule has 1 aromatic heterocycles. The van der Waals surface area contributed by atoms with Gasteiger partial charge in [-0.1, -0.05) is 29.8 Å². The first-order valence-corrected chi connectivity index (χ1v) is 7.76. The summed E-state index contributed by atoms with van der Waals surface area (Å²) >= 11 is 6.13. The van der Waals surface area contributed by atoms with E-state index < -0.39 is 23.3 Å². The van der Waals surface area contributed by atoms with Crippen molar-refractivity contribution in [2.45, 2.75) is 18.2 Å². The third-order valence-corrected chi connectivity index (χ3v) is 4.29. The van der Waals surface area contributed by atoms with Crippen LogP contribution in [0.15, 0.2) is 55.1 Å². The van der Waals surface area contributed by atoms with Crippen LogP contribution in [0.3, 0.4) is 0 Å². The molecule has 0 fully saturated rings. The number of hydrogen-bond donors (Lipinski definition) is 3. The Kier molecular flexibility index (Phi) is 4.71. The monoisotopic (exact) mass is 363 g/mol. The van der Waals surface area contributed by atoms with Gasteiger partial charge in [-0.3, -0.25) is 0 Å². The average molecular weight is 364 g/mol. The van der Waals surface area contributed by atoms with Gasteiger partial charge in [0, 0.05) is 22.2 Å². The molecule has 3 aromatic rings. The Bertz CT molecular complexity index is 875. The number of phenols is 1. The van der Waals surface area contributed by atoms with Crippen LogP contribution in [0.5, 0.6) is 5.75 Å². The van der Waals surface area contributed by atoms with Gasteiger partial charge in [-0.15, -0.1) is 0 Å². The molecular weight excluding hydrogens is 349 g/mol. The normalized spacial score (nSPS) is 14.9. The van der Waals surface area contributed by atoms with Crippen LogP contribution in [0, 0.1) is 5.82 Å². The highest BCUT2D eigenvalue weighted by atomic mass is 35.5. The maximum Gasteiger partial charge on any atom is 0.143 e. The fraction of sp³-hybridized carbons (Fsp3) is 0.176. The molecule has 0 radical (unpaired) electrons. The first-order valence-electron chi connectivity index (χ1n) is 7.38. The van der Waals surface area contributed by atoms with Gasteiger partial charge in [0.05, 0.1) is 6.54 Å². The SMILES string of the molecule is Oc1cc(F)ccc1C(O)(Cn1cncn1)C(O)c1ccccc1Cl. The van der Waals surface area contributed by atoms with Crippen LogP contribution < -0.4 is 0 Å². The fourth-order valence-corrected chi connectivity index (χ4v) is 2.94. The van der Waals surface area contributed by atoms with Crippen molar-refractivity contribution in [1.29, 1.82) is 0 Å². The number of aliphatic hydroxyl groups excluding tert-OH is 1. The van der Waals surface area contributed by atoms with Crippen LogP contribution in [0.2, 0.25) is 5.02 Å². The smallest absolute Gasteiger partial charge is 0.143 e. The van der Waals surface area contributed by atoms with E-state index in [0.717, 1.165) is 12.1 Å². The summed E-state index contributed by atoms with van der Waals surface area (Å²) in [6.45, 7) is -0.238. The van der Waals surface area contributed by atoms with Crippen molar-refractivity contribution in [3.63, 3.8) is 0 Å². The molecule has 6 nitrogen and oxygen atoms in total. The summed E-state index contributed by atoms with van der Waals surface area (Å²) in [5, 5.41) is 36.5. The van der Waals surface area contributed by atoms with Crippen molar-refractivity contribution in [2.75, 3.05) is 0 Å². The molecule has 3 N–H and O–H groups in total. The lowest BCUT2D eigenvalue weighted by Crippen LogP contribution is -2.38. The lowest BCUT2D eigenvalue weighted by Gasteiger charge is -2.34. The van der Waals surface area contributed by atoms with Crippen LogP contribution in [-0.2, 0) is 12.1 Å². The summed E-state index contributed by atoms with van der Waals surface area (Å²) in [4.78, 5) is 3.80. The summed E-state index contributed by atoms with van der Waals surface area (Å²) in [5.41, 5.74) is -1.83. The minimum absolute atomic E-state index is 0.0585. The van der Waals surface area contributed by atoms with Crippen molar-refractivity contribution in [3.8, 4) is 5.75 Å². The zero-order valence-electron chi connectivity index (χ0n) is 12.9. The number of rotatable bonds is 5. The maximum atomic E-state index is 13.3. The number of halogens is 2. The molecule has 130 valence electrons. The van der Waals surface area contributed by atoms with Gasteiger partial charge in [-0.2, -0.15) is 5.10 Å². The number of benzene rings is 2. The molecule has 0 saturated heterocycles. The summed E-state index contributed by atoms with van der Waals surface area (Å²) in [5.74, 6) is -1.16. The molecule has 0 bridgehead atoms. The Morgan fingerprint density at radius 3 is 2.64 bits per heavy atom. The quantitative estimate of drug-likeness (QED) is 0.647. The van der Waals surface area contributed by atoms with Crippen molar-refractivity contribution in [1.82, 2.24) is 14.8 Å². The lowest BCUT2D eigenvalue weighted by molar-refractivity contribution is -0.0976. The van der Waals surface area contributed by atoms with Crippen molar-refractivity contribution in [3.05, 3.63) is 77.1 Å². The average Bonchev–Trinajstić information content (AvgIpc) is 3.07. The number of nitrogens with zero attached hydrogens (tertiary/aromatic N) is 3. The maximum absolute atomic E-state index is 13.3. The topological polar surface area (TPSA) is 91.4 Å². The molecule has 2 unspecified atom stereocenters. The molecule has 1 heterocycles. The number of phenolic OH excluding ortho intramolecular Hbond substituents is 1. The standard InChI is InChI=1S/C17H15ClFN3O3/c18-14-4-2-1-3-12(14)16(24)17(25,8-22-10-20-9-21-22)13-6-5-11(19)7-15(13)23/h1-7,9-10,16,23-25H,8H2. The molecule has 0 amide bonds. The zero-order valence-corrected chi connectivity index (χ0v) is 13.7. The first kappa shape index (κ1) is 17.3. The summed E-state index contributed by atoms with van der Waals surface area (Å²) in [7, 11) is 0. The van der Waals surface area contributed by atoms with E-state index in [1.807, 2.05) is 0 Å². The van der Waals surface area contributed by atoms with Gasteiger partial charge >= 0.3 is 0 Å². The van der Waals surface area contributed by atoms with Gasteiger partial charge in [-0.25, -0.2) is 14.1 Å². The van der Waals surface area contributed by atoms with Gasteiger partial charge in [0.1, 0.15) is 35.9 Å². The highest BCUT2D eigenvalue weighted by Gasteiger charge is 2.42. The molecule has 25 heavy (non-hydrogen) atoms. The lowest BCUT2D eigenvalue weighted by atomic mass is 9.83. The molecule has 2 atom stereocenters. The van der Waals surface area contributed by atoms with E-state index in [4.69, 9.17) is 11.6 Å². The largest absolute Gasteiger partial charge is 0.507 e. The van der Waals surface area contributed by atoms with Crippen LogP contribution in [0.4, 0.5) is 4.39 Å². The molecule has 0 aliphatic rings. The van der Waals surface area contributed by atoms with Crippen LogP contribution in [0.1, 0.15) is 17.2 Å². The first-order chi connectivity index (χ1) is 11.9. The molecule has 0 spiro atoms. The molecular formula is C17H15ClFN3O3. The second-order valence-electron chi connectivity index (χ2n) is 5.60. The van der Waals surface area contributed by atoms with Gasteiger partial charge in [-0.05, 0) is 18.2 Å². The third kappa shape index (κ3) is 3.34. The molecule has 0 aliphatic heterocycles. The Morgan fingerprint density at radius 1 is 1.24 bits per heavy atom. The summed E-state index contributed by atoms with van der Waals surface area (Å²) in [6.07, 6.45) is 1.11. The third-order valence-electron chi connectivity index (χ3n) is 3.95. The second-order valence-corrected chi connectivity index (χ2v) is 6.01. The van der Waals surface area contributed by atoms with E-state index in [2.05, 4.69) is 10.1 Å². The van der Waals surface area contributed by atoms with Crippen molar-refractivity contribution >= 4 is 11.6 Å². The number of hydrogen-bond acceptors (Lipinski definition) is 5. The number of aromatic hydroxyl groups is 1. The Labute approximate surface area is 147 Å². The molecule has 8 heteroatoms. The van der Waals surface area contributed by atoms with E-state index in [-0.39, 0.29) is 22.7 Å². The molecule has 0 saturated carbocycles. The molecule has 0 aliphatic carbocycles. The number of aliphatic hydroxyl groups is 2. The van der Waals surface area contributed by atoms with E-state index >= 15 is 0 Å². The summed E-state index contributed by atoms with van der Waals surface area (Å²) < 4.78 is 14.6. The summed E-state index contributed by atoms with van der Waals surface area (Å²) in [6, 6.07) is 9.62. The molecule has 2 aromatic carbocycles. The second kappa shape index (κ2) is 6.79. The highest BCUT2D eigenvalue weighted by Crippen LogP contribution is 2.42. The molecule has 3 rings (SSSR count). The predicted octanol–water partition coefficient (Wildman–Crippen LogP) is 2.40. The van der Waals surface area contributed by atoms with Gasteiger partial charge in [0.15, 0.2) is 0 Å². The van der Waals surface area contributed by atoms with Crippen LogP contribution in [0.25, 0.3) is 0 Å². The Hall–Kier alpha value is -2.48. The zero-order chi connectivity index (χ0) is 18.0. The Morgan fingerprint density at radius 2 is 2.00 bits per heavy atom. The number of aromatic nitrogens is 3. The van der Waals surface area contributed by atoms with E-state index in [1.54, 1.807) is 24.3 Å². The fourth-order valence-electron chi connectivity index (χ4n) is 2.71. The van der Waals surface area contributed by atoms with Crippen molar-refractivity contribution in [2.24, 2.45) is 0 Å². The van der Waals surface area contributed by atoms with Crippen LogP contribution >= 0.6 is 11.6 Å². The minimum Gasteiger partial charge on any atom is -0.507 e. The minimum atomic E-state index is -2.03. The van der Waals surface area contributed by atoms with Crippen molar-refractivity contribution < 1.29 is 19.7 Å². The predicted molar refractivity (Wildman–Crippen MR) is 88.4 cm³/mol. The van der Waals surface area contributed by atoms with Gasteiger partial charge in [0.25, 0.3) is 0 Å². The van der Waals surface area contributed by atoms with E-state index in [9.17, 15) is 19.7 Å². The van der Waals surface area contributed by atoms with Gasteiger partial charge in [0.2, 0.25) is 0 Å².